The maximum atomic E-state index is 2.12. The summed E-state index contributed by atoms with van der Waals surface area (Å²) in [5.74, 6) is 0. The van der Waals surface area contributed by atoms with E-state index in [2.05, 4.69) is 48.5 Å². The number of benzene rings is 2. The molecule has 0 fully saturated rings. The summed E-state index contributed by atoms with van der Waals surface area (Å²) < 4.78 is 0. The van der Waals surface area contributed by atoms with E-state index in [0.29, 0.717) is 0 Å². The molecule has 13 heavy (non-hydrogen) atoms. The minimum absolute atomic E-state index is 0. The Bertz CT molecular complexity index is 311. The monoisotopic (exact) mass is 180 g/mol. The van der Waals surface area contributed by atoms with Crippen LogP contribution in [0.25, 0.3) is 11.1 Å². The van der Waals surface area contributed by atoms with Crippen molar-refractivity contribution in [3.05, 3.63) is 60.7 Å². The standard InChI is InChI=1S/C12H10.Mg.2H/c1-3-7-11(8-4-1)12-9-5-2-6-10-12;;;/h1-10H;;;/q;+2;2*-1. The molecular weight excluding hydrogens is 168 g/mol. The van der Waals surface area contributed by atoms with E-state index in [4.69, 9.17) is 0 Å². The van der Waals surface area contributed by atoms with E-state index in [-0.39, 0.29) is 25.9 Å². The van der Waals surface area contributed by atoms with E-state index in [1.54, 1.807) is 0 Å². The molecule has 0 unspecified atom stereocenters. The second kappa shape index (κ2) is 5.05. The maximum Gasteiger partial charge on any atom is 2.00 e. The second-order valence-electron chi connectivity index (χ2n) is 2.73. The van der Waals surface area contributed by atoms with Crippen molar-refractivity contribution in [2.75, 3.05) is 0 Å². The van der Waals surface area contributed by atoms with Crippen LogP contribution in [0.15, 0.2) is 60.7 Å². The molecular formula is C12H12Mg. The molecule has 0 atom stereocenters. The van der Waals surface area contributed by atoms with Gasteiger partial charge in [-0.1, -0.05) is 60.7 Å². The molecule has 0 nitrogen and oxygen atoms in total. The van der Waals surface area contributed by atoms with Gasteiger partial charge in [0.05, 0.1) is 0 Å². The minimum Gasteiger partial charge on any atom is -1.00 e. The van der Waals surface area contributed by atoms with Gasteiger partial charge in [-0.3, -0.25) is 0 Å². The molecule has 62 valence electrons. The summed E-state index contributed by atoms with van der Waals surface area (Å²) in [7, 11) is 0. The Hall–Kier alpha value is -0.794. The van der Waals surface area contributed by atoms with Crippen LogP contribution in [-0.4, -0.2) is 23.1 Å². The van der Waals surface area contributed by atoms with Gasteiger partial charge < -0.3 is 2.85 Å². The van der Waals surface area contributed by atoms with Gasteiger partial charge in [-0.05, 0) is 11.1 Å². The van der Waals surface area contributed by atoms with Gasteiger partial charge in [0.15, 0.2) is 0 Å². The Morgan fingerprint density at radius 3 is 1.15 bits per heavy atom. The van der Waals surface area contributed by atoms with Crippen LogP contribution in [-0.2, 0) is 0 Å². The third kappa shape index (κ3) is 2.57. The summed E-state index contributed by atoms with van der Waals surface area (Å²) in [5.41, 5.74) is 2.55. The molecule has 0 aromatic heterocycles. The molecule has 2 aromatic carbocycles. The van der Waals surface area contributed by atoms with E-state index in [9.17, 15) is 0 Å². The topological polar surface area (TPSA) is 0 Å². The van der Waals surface area contributed by atoms with E-state index in [1.807, 2.05) is 12.1 Å². The van der Waals surface area contributed by atoms with Gasteiger partial charge in [-0.2, -0.15) is 0 Å². The third-order valence-corrected chi connectivity index (χ3v) is 1.88. The van der Waals surface area contributed by atoms with Crippen molar-refractivity contribution in [1.82, 2.24) is 0 Å². The average Bonchev–Trinajstić information content (AvgIpc) is 2.21. The molecule has 0 saturated carbocycles. The molecule has 0 N–H and O–H groups in total. The fourth-order valence-electron chi connectivity index (χ4n) is 1.26. The van der Waals surface area contributed by atoms with E-state index >= 15 is 0 Å². The van der Waals surface area contributed by atoms with Crippen molar-refractivity contribution in [3.63, 3.8) is 0 Å². The van der Waals surface area contributed by atoms with Crippen LogP contribution >= 0.6 is 0 Å². The summed E-state index contributed by atoms with van der Waals surface area (Å²) in [6, 6.07) is 20.8. The molecule has 0 aliphatic carbocycles. The van der Waals surface area contributed by atoms with Crippen molar-refractivity contribution < 1.29 is 2.85 Å². The SMILES string of the molecule is [H-].[H-].[Mg+2].c1ccc(-c2ccccc2)cc1. The molecule has 2 rings (SSSR count). The van der Waals surface area contributed by atoms with Gasteiger partial charge in [0.25, 0.3) is 0 Å². The summed E-state index contributed by atoms with van der Waals surface area (Å²) >= 11 is 0. The van der Waals surface area contributed by atoms with Crippen molar-refractivity contribution in [1.29, 1.82) is 0 Å². The molecule has 0 amide bonds. The molecule has 0 aliphatic heterocycles. The molecule has 0 aliphatic rings. The predicted molar refractivity (Wildman–Crippen MR) is 59.9 cm³/mol. The normalized spacial score (nSPS) is 8.92. The molecule has 1 heteroatoms. The van der Waals surface area contributed by atoms with Crippen LogP contribution in [0.3, 0.4) is 0 Å². The quantitative estimate of drug-likeness (QED) is 0.592. The maximum absolute atomic E-state index is 2.12. The minimum atomic E-state index is 0. The summed E-state index contributed by atoms with van der Waals surface area (Å²) in [5, 5.41) is 0. The van der Waals surface area contributed by atoms with Gasteiger partial charge in [0.1, 0.15) is 0 Å². The Morgan fingerprint density at radius 2 is 0.846 bits per heavy atom. The van der Waals surface area contributed by atoms with Crippen molar-refractivity contribution in [3.8, 4) is 11.1 Å². The van der Waals surface area contributed by atoms with Gasteiger partial charge in [-0.25, -0.2) is 0 Å². The molecule has 0 spiro atoms. The van der Waals surface area contributed by atoms with Gasteiger partial charge in [0, 0.05) is 0 Å². The summed E-state index contributed by atoms with van der Waals surface area (Å²) in [6.07, 6.45) is 0. The number of hydrogen-bond acceptors (Lipinski definition) is 0. The van der Waals surface area contributed by atoms with E-state index in [1.165, 1.54) is 11.1 Å². The van der Waals surface area contributed by atoms with Crippen molar-refractivity contribution in [2.45, 2.75) is 0 Å². The van der Waals surface area contributed by atoms with Crippen molar-refractivity contribution >= 4 is 23.1 Å². The number of hydrogen-bond donors (Lipinski definition) is 0. The van der Waals surface area contributed by atoms with Crippen LogP contribution in [0.2, 0.25) is 0 Å². The smallest absolute Gasteiger partial charge is 1.00 e. The van der Waals surface area contributed by atoms with E-state index < -0.39 is 0 Å². The van der Waals surface area contributed by atoms with Crippen LogP contribution < -0.4 is 0 Å². The van der Waals surface area contributed by atoms with Crippen LogP contribution in [0.4, 0.5) is 0 Å². The first-order valence-electron chi connectivity index (χ1n) is 4.07. The Balaban J connectivity index is 0. The molecule has 0 bridgehead atoms. The fraction of sp³-hybridized carbons (Fsp3) is 0. The first-order chi connectivity index (χ1) is 5.97. The average molecular weight is 181 g/mol. The predicted octanol–water partition coefficient (Wildman–Crippen LogP) is 3.20. The second-order valence-corrected chi connectivity index (χ2v) is 2.73. The van der Waals surface area contributed by atoms with Crippen LogP contribution in [0.1, 0.15) is 2.85 Å². The zero-order valence-electron chi connectivity index (χ0n) is 9.48. The first-order valence-corrected chi connectivity index (χ1v) is 4.07. The molecule has 0 radical (unpaired) electrons. The van der Waals surface area contributed by atoms with Crippen LogP contribution in [0.5, 0.6) is 0 Å². The molecule has 2 aromatic rings. The van der Waals surface area contributed by atoms with Crippen LogP contribution in [0, 0.1) is 0 Å². The molecule has 0 saturated heterocycles. The zero-order valence-corrected chi connectivity index (χ0v) is 8.89. The van der Waals surface area contributed by atoms with Gasteiger partial charge in [-0.15, -0.1) is 0 Å². The fourth-order valence-corrected chi connectivity index (χ4v) is 1.26. The number of rotatable bonds is 1. The largest absolute Gasteiger partial charge is 2.00 e. The first kappa shape index (κ1) is 10.3. The van der Waals surface area contributed by atoms with Gasteiger partial charge in [0.2, 0.25) is 0 Å². The van der Waals surface area contributed by atoms with E-state index in [0.717, 1.165) is 0 Å². The van der Waals surface area contributed by atoms with Crippen molar-refractivity contribution in [2.24, 2.45) is 0 Å². The van der Waals surface area contributed by atoms with Gasteiger partial charge >= 0.3 is 23.1 Å². The summed E-state index contributed by atoms with van der Waals surface area (Å²) in [4.78, 5) is 0. The molecule has 0 heterocycles. The summed E-state index contributed by atoms with van der Waals surface area (Å²) in [6.45, 7) is 0. The zero-order chi connectivity index (χ0) is 8.23. The Kier molecular flexibility index (Phi) is 4.00. The Morgan fingerprint density at radius 1 is 0.538 bits per heavy atom. The Labute approximate surface area is 97.7 Å². The third-order valence-electron chi connectivity index (χ3n) is 1.88.